The first-order valence-corrected chi connectivity index (χ1v) is 9.09. The van der Waals surface area contributed by atoms with Gasteiger partial charge in [0.05, 0.1) is 11.4 Å². The Morgan fingerprint density at radius 3 is 2.73 bits per heavy atom. The Morgan fingerprint density at radius 1 is 1.07 bits per heavy atom. The lowest BCUT2D eigenvalue weighted by Crippen LogP contribution is -2.14. The van der Waals surface area contributed by atoms with Crippen molar-refractivity contribution in [1.82, 2.24) is 9.38 Å². The molecule has 0 spiro atoms. The monoisotopic (exact) mass is 409 g/mol. The van der Waals surface area contributed by atoms with Gasteiger partial charge in [0.15, 0.2) is 0 Å². The van der Waals surface area contributed by atoms with Crippen LogP contribution in [0.4, 0.5) is 14.5 Å². The first kappa shape index (κ1) is 19.4. The van der Waals surface area contributed by atoms with Gasteiger partial charge in [-0.25, -0.2) is 4.98 Å². The van der Waals surface area contributed by atoms with Gasteiger partial charge < -0.3 is 19.2 Å². The van der Waals surface area contributed by atoms with Gasteiger partial charge in [-0.15, -0.1) is 0 Å². The lowest BCUT2D eigenvalue weighted by atomic mass is 10.2. The molecule has 1 amide bonds. The predicted molar refractivity (Wildman–Crippen MR) is 107 cm³/mol. The summed E-state index contributed by atoms with van der Waals surface area (Å²) in [6.45, 7) is -2.75. The second kappa shape index (κ2) is 8.60. The molecule has 0 saturated carbocycles. The van der Waals surface area contributed by atoms with Crippen molar-refractivity contribution in [2.75, 3.05) is 5.32 Å². The molecule has 4 aromatic rings. The number of carbonyl (C=O) groups excluding carboxylic acids is 1. The molecule has 0 atom stereocenters. The molecule has 6 nitrogen and oxygen atoms in total. The highest BCUT2D eigenvalue weighted by Crippen LogP contribution is 2.26. The van der Waals surface area contributed by atoms with E-state index in [1.165, 1.54) is 12.1 Å². The Hall–Kier alpha value is -3.94. The van der Waals surface area contributed by atoms with Crippen molar-refractivity contribution >= 4 is 17.2 Å². The first-order chi connectivity index (χ1) is 14.6. The SMILES string of the molecule is O=C(Nc1ccccc1OC(F)F)c1cccc(OCc2cn3ccccc3n2)c1. The number of para-hydroxylation sites is 2. The van der Waals surface area contributed by atoms with Gasteiger partial charge in [0.2, 0.25) is 0 Å². The average Bonchev–Trinajstić information content (AvgIpc) is 3.16. The first-order valence-electron chi connectivity index (χ1n) is 9.09. The number of pyridine rings is 1. The van der Waals surface area contributed by atoms with Crippen LogP contribution in [0, 0.1) is 0 Å². The molecule has 0 radical (unpaired) electrons. The van der Waals surface area contributed by atoms with E-state index in [0.29, 0.717) is 11.3 Å². The van der Waals surface area contributed by atoms with Crippen molar-refractivity contribution in [2.24, 2.45) is 0 Å². The smallest absolute Gasteiger partial charge is 0.387 e. The normalized spacial score (nSPS) is 10.9. The van der Waals surface area contributed by atoms with Crippen LogP contribution in [0.1, 0.15) is 16.1 Å². The van der Waals surface area contributed by atoms with Gasteiger partial charge >= 0.3 is 6.61 Å². The van der Waals surface area contributed by atoms with Gasteiger partial charge in [0, 0.05) is 18.0 Å². The van der Waals surface area contributed by atoms with Crippen LogP contribution in [0.15, 0.2) is 79.1 Å². The van der Waals surface area contributed by atoms with E-state index in [2.05, 4.69) is 15.0 Å². The third kappa shape index (κ3) is 4.54. The van der Waals surface area contributed by atoms with Crippen LogP contribution >= 0.6 is 0 Å². The van der Waals surface area contributed by atoms with Gasteiger partial charge in [-0.1, -0.05) is 24.3 Å². The maximum atomic E-state index is 12.6. The highest BCUT2D eigenvalue weighted by molar-refractivity contribution is 6.05. The molecule has 0 saturated heterocycles. The van der Waals surface area contributed by atoms with Crippen molar-refractivity contribution in [3.63, 3.8) is 0 Å². The number of amides is 1. The molecule has 0 bridgehead atoms. The van der Waals surface area contributed by atoms with Crippen LogP contribution in [-0.2, 0) is 6.61 Å². The molecule has 4 rings (SSSR count). The topological polar surface area (TPSA) is 64.9 Å². The highest BCUT2D eigenvalue weighted by Gasteiger charge is 2.13. The largest absolute Gasteiger partial charge is 0.487 e. The molecule has 0 aliphatic heterocycles. The second-order valence-corrected chi connectivity index (χ2v) is 6.34. The number of imidazole rings is 1. The molecule has 30 heavy (non-hydrogen) atoms. The number of fused-ring (bicyclic) bond motifs is 1. The Balaban J connectivity index is 1.44. The quantitative estimate of drug-likeness (QED) is 0.478. The number of hydrogen-bond acceptors (Lipinski definition) is 4. The van der Waals surface area contributed by atoms with Gasteiger partial charge in [-0.2, -0.15) is 8.78 Å². The number of nitrogens with zero attached hydrogens (tertiary/aromatic N) is 2. The van der Waals surface area contributed by atoms with E-state index in [1.807, 2.05) is 35.0 Å². The average molecular weight is 409 g/mol. The maximum absolute atomic E-state index is 12.6. The lowest BCUT2D eigenvalue weighted by Gasteiger charge is -2.12. The second-order valence-electron chi connectivity index (χ2n) is 6.34. The number of rotatable bonds is 7. The van der Waals surface area contributed by atoms with Crippen LogP contribution in [0.2, 0.25) is 0 Å². The van der Waals surface area contributed by atoms with E-state index < -0.39 is 12.5 Å². The zero-order valence-corrected chi connectivity index (χ0v) is 15.7. The summed E-state index contributed by atoms with van der Waals surface area (Å²) < 4.78 is 37.2. The van der Waals surface area contributed by atoms with Crippen LogP contribution in [0.5, 0.6) is 11.5 Å². The third-order valence-corrected chi connectivity index (χ3v) is 4.25. The molecule has 0 fully saturated rings. The molecular weight excluding hydrogens is 392 g/mol. The Kier molecular flexibility index (Phi) is 5.56. The summed E-state index contributed by atoms with van der Waals surface area (Å²) >= 11 is 0. The zero-order chi connectivity index (χ0) is 20.9. The molecule has 152 valence electrons. The van der Waals surface area contributed by atoms with E-state index in [4.69, 9.17) is 4.74 Å². The van der Waals surface area contributed by atoms with E-state index in [9.17, 15) is 13.6 Å². The standard InChI is InChI=1S/C22H17F2N3O3/c23-22(24)30-19-9-2-1-8-18(19)26-21(28)15-6-5-7-17(12-15)29-14-16-13-27-11-4-3-10-20(27)25-16/h1-13,22H,14H2,(H,26,28). The van der Waals surface area contributed by atoms with Crippen molar-refractivity contribution in [3.05, 3.63) is 90.4 Å². The fourth-order valence-corrected chi connectivity index (χ4v) is 2.90. The van der Waals surface area contributed by atoms with E-state index in [1.54, 1.807) is 36.4 Å². The van der Waals surface area contributed by atoms with Crippen molar-refractivity contribution in [1.29, 1.82) is 0 Å². The summed E-state index contributed by atoms with van der Waals surface area (Å²) in [7, 11) is 0. The summed E-state index contributed by atoms with van der Waals surface area (Å²) in [6.07, 6.45) is 3.76. The van der Waals surface area contributed by atoms with Gasteiger partial charge in [-0.3, -0.25) is 4.79 Å². The number of nitrogens with one attached hydrogen (secondary N) is 1. The Bertz CT molecular complexity index is 1140. The summed E-state index contributed by atoms with van der Waals surface area (Å²) in [5, 5.41) is 2.58. The molecule has 8 heteroatoms. The minimum absolute atomic E-state index is 0.111. The predicted octanol–water partition coefficient (Wildman–Crippen LogP) is 4.77. The molecule has 1 N–H and O–H groups in total. The van der Waals surface area contributed by atoms with Crippen molar-refractivity contribution in [2.45, 2.75) is 13.2 Å². The van der Waals surface area contributed by atoms with Crippen molar-refractivity contribution < 1.29 is 23.0 Å². The maximum Gasteiger partial charge on any atom is 0.387 e. The number of anilines is 1. The van der Waals surface area contributed by atoms with Crippen LogP contribution in [0.3, 0.4) is 0 Å². The highest BCUT2D eigenvalue weighted by atomic mass is 19.3. The molecule has 2 aromatic carbocycles. The Morgan fingerprint density at radius 2 is 1.90 bits per heavy atom. The fourth-order valence-electron chi connectivity index (χ4n) is 2.90. The summed E-state index contributed by atoms with van der Waals surface area (Å²) in [5.41, 5.74) is 2.02. The van der Waals surface area contributed by atoms with E-state index in [-0.39, 0.29) is 18.0 Å². The molecule has 2 aromatic heterocycles. The molecule has 0 aliphatic carbocycles. The summed E-state index contributed by atoms with van der Waals surface area (Å²) in [4.78, 5) is 17.0. The zero-order valence-electron chi connectivity index (χ0n) is 15.7. The van der Waals surface area contributed by atoms with E-state index >= 15 is 0 Å². The summed E-state index contributed by atoms with van der Waals surface area (Å²) in [5.74, 6) is -0.101. The Labute approximate surface area is 170 Å². The molecule has 0 unspecified atom stereocenters. The number of carbonyl (C=O) groups is 1. The van der Waals surface area contributed by atoms with Crippen LogP contribution < -0.4 is 14.8 Å². The number of ether oxygens (including phenoxy) is 2. The fraction of sp³-hybridized carbons (Fsp3) is 0.0909. The van der Waals surface area contributed by atoms with Crippen LogP contribution in [-0.4, -0.2) is 21.9 Å². The van der Waals surface area contributed by atoms with E-state index in [0.717, 1.165) is 11.3 Å². The minimum atomic E-state index is -2.99. The number of alkyl halides is 2. The lowest BCUT2D eigenvalue weighted by molar-refractivity contribution is -0.0493. The molecular formula is C22H17F2N3O3. The van der Waals surface area contributed by atoms with Crippen LogP contribution in [0.25, 0.3) is 5.65 Å². The molecule has 2 heterocycles. The van der Waals surface area contributed by atoms with Gasteiger partial charge in [-0.05, 0) is 42.5 Å². The number of halogens is 2. The molecule has 0 aliphatic rings. The third-order valence-electron chi connectivity index (χ3n) is 4.25. The number of hydrogen-bond donors (Lipinski definition) is 1. The van der Waals surface area contributed by atoms with Gasteiger partial charge in [0.25, 0.3) is 5.91 Å². The van der Waals surface area contributed by atoms with Gasteiger partial charge in [0.1, 0.15) is 23.8 Å². The minimum Gasteiger partial charge on any atom is -0.487 e. The number of aromatic nitrogens is 2. The van der Waals surface area contributed by atoms with Crippen molar-refractivity contribution in [3.8, 4) is 11.5 Å². The summed E-state index contributed by atoms with van der Waals surface area (Å²) in [6, 6.07) is 18.3. The number of benzene rings is 2.